The molecule has 6 nitrogen and oxygen atoms in total. The molecule has 0 unspecified atom stereocenters. The number of allylic oxidation sites excluding steroid dienone is 2. The number of nitrogen functional groups attached to an aromatic ring is 1. The Hall–Kier alpha value is -3.09. The van der Waals surface area contributed by atoms with Crippen LogP contribution in [0.3, 0.4) is 0 Å². The lowest BCUT2D eigenvalue weighted by Crippen LogP contribution is -2.12. The van der Waals surface area contributed by atoms with E-state index in [4.69, 9.17) is 21.3 Å². The summed E-state index contributed by atoms with van der Waals surface area (Å²) in [7, 11) is 0. The monoisotopic (exact) mass is 339 g/mol. The molecule has 0 atom stereocenters. The standard InChI is InChI=1S/C18H18FN5O/c19-17-14(15-9-24-16(22)10-23-15)5-4-13(11-2-1-3-11)18(17)25-12(8-21)6-7-20/h4-11,20-21H,1-3H2,(H2,22,24)/b12-6+,20-7?,21-8?. The van der Waals surface area contributed by atoms with E-state index in [0.29, 0.717) is 5.69 Å². The zero-order valence-corrected chi connectivity index (χ0v) is 13.5. The molecule has 2 aromatic rings. The Labute approximate surface area is 144 Å². The van der Waals surface area contributed by atoms with Gasteiger partial charge in [-0.1, -0.05) is 12.5 Å². The van der Waals surface area contributed by atoms with Crippen molar-refractivity contribution in [2.45, 2.75) is 25.2 Å². The number of ether oxygens (including phenoxy) is 1. The van der Waals surface area contributed by atoms with E-state index in [0.717, 1.165) is 37.3 Å². The van der Waals surface area contributed by atoms with E-state index in [2.05, 4.69) is 9.97 Å². The van der Waals surface area contributed by atoms with Gasteiger partial charge in [0.1, 0.15) is 11.6 Å². The van der Waals surface area contributed by atoms with Crippen molar-refractivity contribution < 1.29 is 9.13 Å². The van der Waals surface area contributed by atoms with Crippen molar-refractivity contribution in [1.29, 1.82) is 10.8 Å². The Bertz CT molecular complexity index is 828. The molecule has 0 aliphatic heterocycles. The maximum Gasteiger partial charge on any atom is 0.175 e. The van der Waals surface area contributed by atoms with Crippen LogP contribution in [0.5, 0.6) is 5.75 Å². The number of benzene rings is 1. The van der Waals surface area contributed by atoms with Crippen molar-refractivity contribution in [2.24, 2.45) is 0 Å². The van der Waals surface area contributed by atoms with E-state index in [1.807, 2.05) is 6.07 Å². The average Bonchev–Trinajstić information content (AvgIpc) is 2.56. The first-order valence-corrected chi connectivity index (χ1v) is 7.93. The van der Waals surface area contributed by atoms with Crippen LogP contribution in [0.4, 0.5) is 10.2 Å². The van der Waals surface area contributed by atoms with Gasteiger partial charge in [0.05, 0.1) is 24.3 Å². The van der Waals surface area contributed by atoms with Crippen LogP contribution in [0.2, 0.25) is 0 Å². The molecular weight excluding hydrogens is 321 g/mol. The fraction of sp³-hybridized carbons (Fsp3) is 0.222. The predicted octanol–water partition coefficient (Wildman–Crippen LogP) is 3.69. The summed E-state index contributed by atoms with van der Waals surface area (Å²) in [5, 5.41) is 14.5. The summed E-state index contributed by atoms with van der Waals surface area (Å²) in [4.78, 5) is 8.06. The number of aromatic nitrogens is 2. The van der Waals surface area contributed by atoms with Crippen LogP contribution < -0.4 is 10.5 Å². The van der Waals surface area contributed by atoms with Crippen molar-refractivity contribution in [2.75, 3.05) is 5.73 Å². The first-order chi connectivity index (χ1) is 12.1. The maximum absolute atomic E-state index is 15.2. The molecule has 4 N–H and O–H groups in total. The number of nitrogens with one attached hydrogen (secondary N) is 2. The van der Waals surface area contributed by atoms with Gasteiger partial charge < -0.3 is 21.3 Å². The molecular formula is C18H18FN5O. The van der Waals surface area contributed by atoms with Crippen molar-refractivity contribution >= 4 is 18.2 Å². The minimum atomic E-state index is -0.554. The predicted molar refractivity (Wildman–Crippen MR) is 94.7 cm³/mol. The van der Waals surface area contributed by atoms with E-state index in [1.54, 1.807) is 6.07 Å². The highest BCUT2D eigenvalue weighted by Crippen LogP contribution is 2.44. The van der Waals surface area contributed by atoms with Crippen LogP contribution in [-0.2, 0) is 0 Å². The first-order valence-electron chi connectivity index (χ1n) is 7.93. The van der Waals surface area contributed by atoms with Gasteiger partial charge in [-0.25, -0.2) is 9.37 Å². The molecule has 1 aliphatic carbocycles. The summed E-state index contributed by atoms with van der Waals surface area (Å²) in [5.74, 6) is 0.114. The van der Waals surface area contributed by atoms with Gasteiger partial charge in [-0.2, -0.15) is 0 Å². The van der Waals surface area contributed by atoms with Gasteiger partial charge in [0, 0.05) is 17.3 Å². The van der Waals surface area contributed by atoms with Crippen LogP contribution in [-0.4, -0.2) is 22.4 Å². The normalized spacial score (nSPS) is 14.7. The second-order valence-electron chi connectivity index (χ2n) is 5.78. The molecule has 7 heteroatoms. The van der Waals surface area contributed by atoms with Crippen molar-refractivity contribution in [3.63, 3.8) is 0 Å². The van der Waals surface area contributed by atoms with Crippen molar-refractivity contribution in [1.82, 2.24) is 9.97 Å². The number of rotatable bonds is 6. The fourth-order valence-corrected chi connectivity index (χ4v) is 2.70. The van der Waals surface area contributed by atoms with Gasteiger partial charge in [0.15, 0.2) is 11.6 Å². The molecule has 1 saturated carbocycles. The number of nitrogens with two attached hydrogens (primary N) is 1. The molecule has 0 spiro atoms. The third kappa shape index (κ3) is 3.40. The number of hydrogen-bond acceptors (Lipinski definition) is 6. The van der Waals surface area contributed by atoms with Gasteiger partial charge in [-0.15, -0.1) is 0 Å². The van der Waals surface area contributed by atoms with E-state index in [-0.39, 0.29) is 28.8 Å². The summed E-state index contributed by atoms with van der Waals surface area (Å²) in [6.07, 6.45) is 9.08. The summed E-state index contributed by atoms with van der Waals surface area (Å²) in [5.41, 5.74) is 6.91. The lowest BCUT2D eigenvalue weighted by Gasteiger charge is -2.28. The molecule has 1 aliphatic rings. The second-order valence-corrected chi connectivity index (χ2v) is 5.78. The van der Waals surface area contributed by atoms with Gasteiger partial charge in [-0.3, -0.25) is 4.98 Å². The minimum absolute atomic E-state index is 0.0809. The lowest BCUT2D eigenvalue weighted by molar-refractivity contribution is 0.376. The molecule has 25 heavy (non-hydrogen) atoms. The first kappa shape index (κ1) is 16.8. The largest absolute Gasteiger partial charge is 0.452 e. The summed E-state index contributed by atoms with van der Waals surface area (Å²) in [6.45, 7) is 0. The molecule has 3 rings (SSSR count). The van der Waals surface area contributed by atoms with Crippen molar-refractivity contribution in [3.05, 3.63) is 47.7 Å². The molecule has 0 radical (unpaired) electrons. The zero-order valence-electron chi connectivity index (χ0n) is 13.5. The van der Waals surface area contributed by atoms with Gasteiger partial charge in [0.2, 0.25) is 0 Å². The van der Waals surface area contributed by atoms with E-state index >= 15 is 4.39 Å². The van der Waals surface area contributed by atoms with Crippen LogP contribution in [0, 0.1) is 16.6 Å². The molecule has 1 aromatic heterocycles. The van der Waals surface area contributed by atoms with Gasteiger partial charge in [0.25, 0.3) is 0 Å². The van der Waals surface area contributed by atoms with E-state index in [9.17, 15) is 0 Å². The lowest BCUT2D eigenvalue weighted by atomic mass is 9.79. The maximum atomic E-state index is 15.2. The van der Waals surface area contributed by atoms with Crippen LogP contribution in [0.15, 0.2) is 36.4 Å². The van der Waals surface area contributed by atoms with Crippen LogP contribution in [0.25, 0.3) is 11.3 Å². The SMILES string of the molecule is N=C/C=C(\C=N)Oc1c(C2CCC2)ccc(-c2cnc(N)cn2)c1F. The van der Waals surface area contributed by atoms with E-state index < -0.39 is 5.82 Å². The summed E-state index contributed by atoms with van der Waals surface area (Å²) >= 11 is 0. The number of nitrogens with zero attached hydrogens (tertiary/aromatic N) is 2. The number of halogens is 1. The molecule has 0 saturated heterocycles. The van der Waals surface area contributed by atoms with Gasteiger partial charge >= 0.3 is 0 Å². The highest BCUT2D eigenvalue weighted by molar-refractivity contribution is 5.82. The molecule has 1 aromatic carbocycles. The smallest absolute Gasteiger partial charge is 0.175 e. The average molecular weight is 339 g/mol. The molecule has 0 amide bonds. The number of anilines is 1. The minimum Gasteiger partial charge on any atom is -0.452 e. The van der Waals surface area contributed by atoms with Crippen LogP contribution >= 0.6 is 0 Å². The number of hydrogen-bond donors (Lipinski definition) is 3. The third-order valence-electron chi connectivity index (χ3n) is 4.23. The Kier molecular flexibility index (Phi) is 4.83. The molecule has 128 valence electrons. The topological polar surface area (TPSA) is 109 Å². The second kappa shape index (κ2) is 7.21. The summed E-state index contributed by atoms with van der Waals surface area (Å²) in [6, 6.07) is 3.50. The zero-order chi connectivity index (χ0) is 17.8. The molecule has 1 fully saturated rings. The highest BCUT2D eigenvalue weighted by atomic mass is 19.1. The Morgan fingerprint density at radius 3 is 2.60 bits per heavy atom. The Morgan fingerprint density at radius 2 is 2.04 bits per heavy atom. The van der Waals surface area contributed by atoms with Crippen LogP contribution in [0.1, 0.15) is 30.7 Å². The third-order valence-corrected chi connectivity index (χ3v) is 4.23. The van der Waals surface area contributed by atoms with E-state index in [1.165, 1.54) is 18.5 Å². The fourth-order valence-electron chi connectivity index (χ4n) is 2.70. The highest BCUT2D eigenvalue weighted by Gasteiger charge is 2.27. The quantitative estimate of drug-likeness (QED) is 0.551. The van der Waals surface area contributed by atoms with Gasteiger partial charge in [-0.05, 0) is 30.9 Å². The Morgan fingerprint density at radius 1 is 1.24 bits per heavy atom. The molecule has 1 heterocycles. The summed E-state index contributed by atoms with van der Waals surface area (Å²) < 4.78 is 20.8. The molecule has 0 bridgehead atoms. The Balaban J connectivity index is 2.09. The van der Waals surface area contributed by atoms with Crippen molar-refractivity contribution in [3.8, 4) is 17.0 Å².